The van der Waals surface area contributed by atoms with Crippen molar-refractivity contribution in [2.24, 2.45) is 0 Å². The standard InChI is InChI=1S/C21H22ClNO4/c22-17-12-20-19(26-8-9-27-20)10-15(17)11-21(25)23-7-6-16(18(24)13-23)14-4-2-1-3-5-14/h1-5,10,12,16,18,24H,6-9,11,13H2/t16-,18-/m1/s1. The molecule has 2 aliphatic heterocycles. The Morgan fingerprint density at radius 2 is 1.85 bits per heavy atom. The van der Waals surface area contributed by atoms with E-state index >= 15 is 0 Å². The van der Waals surface area contributed by atoms with Crippen molar-refractivity contribution in [2.75, 3.05) is 26.3 Å². The van der Waals surface area contributed by atoms with Gasteiger partial charge in [-0.3, -0.25) is 4.79 Å². The largest absolute Gasteiger partial charge is 0.486 e. The van der Waals surface area contributed by atoms with Crippen molar-refractivity contribution in [1.29, 1.82) is 0 Å². The zero-order chi connectivity index (χ0) is 18.8. The van der Waals surface area contributed by atoms with Crippen LogP contribution in [0.3, 0.4) is 0 Å². The molecule has 0 spiro atoms. The van der Waals surface area contributed by atoms with Gasteiger partial charge in [0.05, 0.1) is 12.5 Å². The topological polar surface area (TPSA) is 59.0 Å². The van der Waals surface area contributed by atoms with Crippen molar-refractivity contribution >= 4 is 17.5 Å². The lowest BCUT2D eigenvalue weighted by atomic mass is 9.87. The number of carbonyl (C=O) groups is 1. The third-order valence-corrected chi connectivity index (χ3v) is 5.57. The molecule has 1 N–H and O–H groups in total. The van der Waals surface area contributed by atoms with Crippen molar-refractivity contribution in [3.63, 3.8) is 0 Å². The van der Waals surface area contributed by atoms with Gasteiger partial charge >= 0.3 is 0 Å². The highest BCUT2D eigenvalue weighted by atomic mass is 35.5. The predicted octanol–water partition coefficient (Wildman–Crippen LogP) is 3.03. The Hall–Kier alpha value is -2.24. The first-order valence-electron chi connectivity index (χ1n) is 9.20. The minimum atomic E-state index is -0.569. The number of piperidine rings is 1. The number of carbonyl (C=O) groups excluding carboxylic acids is 1. The summed E-state index contributed by atoms with van der Waals surface area (Å²) < 4.78 is 11.1. The summed E-state index contributed by atoms with van der Waals surface area (Å²) in [7, 11) is 0. The molecule has 1 amide bonds. The molecule has 0 saturated carbocycles. The molecular formula is C21H22ClNO4. The first-order chi connectivity index (χ1) is 13.1. The van der Waals surface area contributed by atoms with E-state index in [2.05, 4.69) is 0 Å². The first-order valence-corrected chi connectivity index (χ1v) is 9.58. The number of nitrogens with zero attached hydrogens (tertiary/aromatic N) is 1. The third-order valence-electron chi connectivity index (χ3n) is 5.22. The average Bonchev–Trinajstić information content (AvgIpc) is 2.69. The number of fused-ring (bicyclic) bond motifs is 1. The van der Waals surface area contributed by atoms with E-state index in [0.717, 1.165) is 12.0 Å². The number of amides is 1. The number of benzene rings is 2. The molecule has 2 atom stereocenters. The number of hydrogen-bond donors (Lipinski definition) is 1. The Bertz CT molecular complexity index is 826. The highest BCUT2D eigenvalue weighted by molar-refractivity contribution is 6.31. The number of β-amino-alcohol motifs (C(OH)–C–C–N with tert-alkyl or cyclic N) is 1. The Balaban J connectivity index is 1.42. The maximum atomic E-state index is 12.8. The van der Waals surface area contributed by atoms with Crippen LogP contribution in [0.1, 0.15) is 23.5 Å². The van der Waals surface area contributed by atoms with Gasteiger partial charge in [0.1, 0.15) is 13.2 Å². The smallest absolute Gasteiger partial charge is 0.227 e. The molecule has 6 heteroatoms. The van der Waals surface area contributed by atoms with Gasteiger partial charge in [-0.15, -0.1) is 0 Å². The van der Waals surface area contributed by atoms with E-state index in [9.17, 15) is 9.90 Å². The Morgan fingerprint density at radius 1 is 1.15 bits per heavy atom. The van der Waals surface area contributed by atoms with Crippen LogP contribution in [0.2, 0.25) is 5.02 Å². The van der Waals surface area contributed by atoms with E-state index in [1.807, 2.05) is 30.3 Å². The molecule has 5 nitrogen and oxygen atoms in total. The summed E-state index contributed by atoms with van der Waals surface area (Å²) in [6, 6.07) is 13.5. The fourth-order valence-corrected chi connectivity index (χ4v) is 3.98. The molecule has 0 aromatic heterocycles. The van der Waals surface area contributed by atoms with Crippen LogP contribution < -0.4 is 9.47 Å². The summed E-state index contributed by atoms with van der Waals surface area (Å²) in [4.78, 5) is 14.5. The minimum absolute atomic E-state index is 0.0425. The number of hydrogen-bond acceptors (Lipinski definition) is 4. The molecule has 0 unspecified atom stereocenters. The van der Waals surface area contributed by atoms with Gasteiger partial charge in [0, 0.05) is 30.1 Å². The Morgan fingerprint density at radius 3 is 2.56 bits per heavy atom. The maximum absolute atomic E-state index is 12.8. The van der Waals surface area contributed by atoms with Crippen molar-refractivity contribution in [3.05, 3.63) is 58.6 Å². The van der Waals surface area contributed by atoms with Gasteiger partial charge in [-0.25, -0.2) is 0 Å². The van der Waals surface area contributed by atoms with Crippen molar-refractivity contribution in [3.8, 4) is 11.5 Å². The van der Waals surface area contributed by atoms with Crippen LogP contribution in [0, 0.1) is 0 Å². The number of aliphatic hydroxyl groups excluding tert-OH is 1. The lowest BCUT2D eigenvalue weighted by Gasteiger charge is -2.36. The number of halogens is 1. The van der Waals surface area contributed by atoms with Gasteiger partial charge < -0.3 is 19.5 Å². The van der Waals surface area contributed by atoms with Crippen molar-refractivity contribution in [2.45, 2.75) is 24.9 Å². The molecule has 2 aliphatic rings. The first kappa shape index (κ1) is 18.1. The lowest BCUT2D eigenvalue weighted by molar-refractivity contribution is -0.134. The van der Waals surface area contributed by atoms with Crippen molar-refractivity contribution < 1.29 is 19.4 Å². The summed E-state index contributed by atoms with van der Waals surface area (Å²) in [5, 5.41) is 11.1. The van der Waals surface area contributed by atoms with E-state index < -0.39 is 6.10 Å². The summed E-state index contributed by atoms with van der Waals surface area (Å²) in [5.74, 6) is 1.25. The summed E-state index contributed by atoms with van der Waals surface area (Å²) in [6.07, 6.45) is 0.352. The number of rotatable bonds is 3. The van der Waals surface area contributed by atoms with Crippen molar-refractivity contribution in [1.82, 2.24) is 4.90 Å². The fourth-order valence-electron chi connectivity index (χ4n) is 3.76. The zero-order valence-corrected chi connectivity index (χ0v) is 15.7. The van der Waals surface area contributed by atoms with Gasteiger partial charge in [0.15, 0.2) is 11.5 Å². The van der Waals surface area contributed by atoms with Crippen LogP contribution in [0.5, 0.6) is 11.5 Å². The van der Waals surface area contributed by atoms with Crippen LogP contribution in [0.25, 0.3) is 0 Å². The second kappa shape index (κ2) is 7.79. The third kappa shape index (κ3) is 3.89. The second-order valence-electron chi connectivity index (χ2n) is 6.98. The molecule has 0 radical (unpaired) electrons. The van der Waals surface area contributed by atoms with Crippen LogP contribution in [-0.4, -0.2) is 48.3 Å². The maximum Gasteiger partial charge on any atom is 0.227 e. The van der Waals surface area contributed by atoms with E-state index in [1.165, 1.54) is 0 Å². The number of likely N-dealkylation sites (tertiary alicyclic amines) is 1. The fraction of sp³-hybridized carbons (Fsp3) is 0.381. The predicted molar refractivity (Wildman–Crippen MR) is 103 cm³/mol. The molecule has 2 aromatic carbocycles. The van der Waals surface area contributed by atoms with E-state index in [4.69, 9.17) is 21.1 Å². The molecule has 142 valence electrons. The summed E-state index contributed by atoms with van der Waals surface area (Å²) in [5.41, 5.74) is 1.83. The molecule has 0 aliphatic carbocycles. The van der Waals surface area contributed by atoms with Gasteiger partial charge in [0.25, 0.3) is 0 Å². The van der Waals surface area contributed by atoms with Gasteiger partial charge in [-0.05, 0) is 23.6 Å². The second-order valence-corrected chi connectivity index (χ2v) is 7.38. The average molecular weight is 388 g/mol. The monoisotopic (exact) mass is 387 g/mol. The van der Waals surface area contributed by atoms with Crippen LogP contribution in [0.15, 0.2) is 42.5 Å². The summed E-state index contributed by atoms with van der Waals surface area (Å²) in [6.45, 7) is 1.94. The molecule has 1 saturated heterocycles. The normalized spacial score (nSPS) is 21.8. The Kier molecular flexibility index (Phi) is 5.23. The van der Waals surface area contributed by atoms with E-state index in [-0.39, 0.29) is 18.2 Å². The van der Waals surface area contributed by atoms with Gasteiger partial charge in [-0.2, -0.15) is 0 Å². The highest BCUT2D eigenvalue weighted by Crippen LogP contribution is 2.36. The number of aliphatic hydroxyl groups is 1. The van der Waals surface area contributed by atoms with Crippen LogP contribution >= 0.6 is 11.6 Å². The molecule has 2 heterocycles. The minimum Gasteiger partial charge on any atom is -0.486 e. The van der Waals surface area contributed by atoms with Crippen LogP contribution in [-0.2, 0) is 11.2 Å². The molecule has 4 rings (SSSR count). The highest BCUT2D eigenvalue weighted by Gasteiger charge is 2.31. The van der Waals surface area contributed by atoms with E-state index in [0.29, 0.717) is 48.4 Å². The molecule has 27 heavy (non-hydrogen) atoms. The SMILES string of the molecule is O=C(Cc1cc2c(cc1Cl)OCCO2)N1CC[C@H](c2ccccc2)[C@H](O)C1. The van der Waals surface area contributed by atoms with E-state index in [1.54, 1.807) is 17.0 Å². The molecule has 2 aromatic rings. The zero-order valence-electron chi connectivity index (χ0n) is 14.9. The van der Waals surface area contributed by atoms with Gasteiger partial charge in [-0.1, -0.05) is 41.9 Å². The van der Waals surface area contributed by atoms with Gasteiger partial charge in [0.2, 0.25) is 5.91 Å². The quantitative estimate of drug-likeness (QED) is 0.879. The molecular weight excluding hydrogens is 366 g/mol. The molecule has 1 fully saturated rings. The lowest BCUT2D eigenvalue weighted by Crippen LogP contribution is -2.46. The molecule has 0 bridgehead atoms. The Labute approximate surface area is 163 Å². The summed E-state index contributed by atoms with van der Waals surface area (Å²) >= 11 is 6.32. The van der Waals surface area contributed by atoms with Crippen LogP contribution in [0.4, 0.5) is 0 Å². The number of ether oxygens (including phenoxy) is 2.